The number of halogens is 2. The first-order valence-corrected chi connectivity index (χ1v) is 4.50. The molecule has 0 aromatic rings. The summed E-state index contributed by atoms with van der Waals surface area (Å²) >= 11 is 0. The molecule has 2 aliphatic carbocycles. The van der Waals surface area contributed by atoms with Crippen LogP contribution in [0.2, 0.25) is 0 Å². The molecule has 2 rings (SSSR count). The summed E-state index contributed by atoms with van der Waals surface area (Å²) in [5.74, 6) is -2.51. The second-order valence-corrected chi connectivity index (χ2v) is 3.41. The molecule has 0 aliphatic heterocycles. The summed E-state index contributed by atoms with van der Waals surface area (Å²) in [4.78, 5) is 0. The Morgan fingerprint density at radius 2 is 1.73 bits per heavy atom. The summed E-state index contributed by atoms with van der Waals surface area (Å²) in [5.41, 5.74) is 0. The molecule has 3 atom stereocenters. The summed E-state index contributed by atoms with van der Waals surface area (Å²) in [6, 6.07) is 0. The Labute approximate surface area is 67.0 Å². The smallest absolute Gasteiger partial charge is 0.206 e. The maximum absolute atomic E-state index is 12.8. The highest BCUT2D eigenvalue weighted by Gasteiger charge is 2.63. The van der Waals surface area contributed by atoms with E-state index in [1.807, 2.05) is 13.8 Å². The fourth-order valence-electron chi connectivity index (χ4n) is 1.96. The molecule has 0 radical (unpaired) electrons. The van der Waals surface area contributed by atoms with E-state index in [2.05, 4.69) is 0 Å². The van der Waals surface area contributed by atoms with Crippen molar-refractivity contribution in [3.8, 4) is 0 Å². The molecule has 0 aromatic heterocycles. The van der Waals surface area contributed by atoms with Crippen LogP contribution in [-0.4, -0.2) is 5.92 Å². The highest BCUT2D eigenvalue weighted by molar-refractivity contribution is 5.05. The Kier molecular flexibility index (Phi) is 2.22. The molecule has 0 aromatic carbocycles. The van der Waals surface area contributed by atoms with Crippen LogP contribution in [0, 0.1) is 17.8 Å². The van der Waals surface area contributed by atoms with Gasteiger partial charge in [-0.15, -0.1) is 0 Å². The van der Waals surface area contributed by atoms with Gasteiger partial charge >= 0.3 is 0 Å². The molecule has 3 unspecified atom stereocenters. The van der Waals surface area contributed by atoms with Crippen LogP contribution in [0.15, 0.2) is 0 Å². The normalized spacial score (nSPS) is 43.9. The Bertz CT molecular complexity index is 138. The summed E-state index contributed by atoms with van der Waals surface area (Å²) in [7, 11) is 0. The van der Waals surface area contributed by atoms with Crippen molar-refractivity contribution < 1.29 is 8.78 Å². The minimum absolute atomic E-state index is 0.229. The monoisotopic (exact) mass is 162 g/mol. The average Bonchev–Trinajstić information content (AvgIpc) is 2.67. The van der Waals surface area contributed by atoms with Crippen molar-refractivity contribution in [2.75, 3.05) is 0 Å². The summed E-state index contributed by atoms with van der Waals surface area (Å²) < 4.78 is 25.5. The van der Waals surface area contributed by atoms with Crippen molar-refractivity contribution in [2.45, 2.75) is 39.5 Å². The lowest BCUT2D eigenvalue weighted by molar-refractivity contribution is -0.0534. The third-order valence-corrected chi connectivity index (χ3v) is 2.73. The number of alkyl halides is 2. The molecule has 2 aliphatic rings. The minimum atomic E-state index is -2.31. The van der Waals surface area contributed by atoms with E-state index in [-0.39, 0.29) is 11.8 Å². The minimum Gasteiger partial charge on any atom is -0.206 e. The lowest BCUT2D eigenvalue weighted by Gasteiger charge is -2.16. The zero-order valence-corrected chi connectivity index (χ0v) is 7.40. The maximum Gasteiger partial charge on any atom is 0.253 e. The van der Waals surface area contributed by atoms with Crippen LogP contribution in [0.4, 0.5) is 8.78 Å². The van der Waals surface area contributed by atoms with Gasteiger partial charge in [0.1, 0.15) is 0 Å². The number of hydrogen-bond acceptors (Lipinski definition) is 0. The molecule has 66 valence electrons. The van der Waals surface area contributed by atoms with Crippen molar-refractivity contribution in [1.29, 1.82) is 0 Å². The Morgan fingerprint density at radius 3 is 1.91 bits per heavy atom. The van der Waals surface area contributed by atoms with E-state index in [1.54, 1.807) is 6.92 Å². The molecule has 11 heavy (non-hydrogen) atoms. The second kappa shape index (κ2) is 2.72. The average molecular weight is 162 g/mol. The molecular formula is C9H16F2. The molecule has 2 heteroatoms. The number of hydrogen-bond donors (Lipinski definition) is 0. The van der Waals surface area contributed by atoms with E-state index >= 15 is 0 Å². The highest BCUT2D eigenvalue weighted by atomic mass is 19.3. The quantitative estimate of drug-likeness (QED) is 0.512. The van der Waals surface area contributed by atoms with Gasteiger partial charge in [0.15, 0.2) is 0 Å². The molecule has 2 fully saturated rings. The van der Waals surface area contributed by atoms with Crippen LogP contribution in [0.5, 0.6) is 0 Å². The van der Waals surface area contributed by atoms with Gasteiger partial charge in [-0.1, -0.05) is 20.8 Å². The highest BCUT2D eigenvalue weighted by Crippen LogP contribution is 2.62. The Hall–Kier alpha value is -0.140. The zero-order valence-electron chi connectivity index (χ0n) is 7.40. The van der Waals surface area contributed by atoms with E-state index in [1.165, 1.54) is 0 Å². The van der Waals surface area contributed by atoms with Crippen molar-refractivity contribution in [3.05, 3.63) is 0 Å². The van der Waals surface area contributed by atoms with Crippen LogP contribution < -0.4 is 0 Å². The van der Waals surface area contributed by atoms with Crippen LogP contribution in [0.3, 0.4) is 0 Å². The van der Waals surface area contributed by atoms with Crippen molar-refractivity contribution in [1.82, 2.24) is 0 Å². The fourth-order valence-corrected chi connectivity index (χ4v) is 1.96. The van der Waals surface area contributed by atoms with Gasteiger partial charge in [-0.25, -0.2) is 8.78 Å². The molecule has 0 heterocycles. The third-order valence-electron chi connectivity index (χ3n) is 2.73. The van der Waals surface area contributed by atoms with Crippen molar-refractivity contribution >= 4 is 0 Å². The molecule has 0 spiro atoms. The van der Waals surface area contributed by atoms with Gasteiger partial charge in [-0.2, -0.15) is 0 Å². The predicted octanol–water partition coefficient (Wildman–Crippen LogP) is 3.32. The lowest BCUT2D eigenvalue weighted by atomic mass is 10.0. The van der Waals surface area contributed by atoms with Gasteiger partial charge in [-0.3, -0.25) is 0 Å². The lowest BCUT2D eigenvalue weighted by Crippen LogP contribution is -2.23. The van der Waals surface area contributed by atoms with Gasteiger partial charge in [0.2, 0.25) is 0 Å². The number of fused-ring (bicyclic) bond motifs is 1. The summed E-state index contributed by atoms with van der Waals surface area (Å²) in [5, 5.41) is 0. The van der Waals surface area contributed by atoms with Crippen molar-refractivity contribution in [3.63, 3.8) is 0 Å². The standard InChI is InChI=1S/C7H10F2.C2H6/c1-4-2-5-3-6(5)7(4,8)9;1-2/h4-6H,2-3H2,1H3;1-2H3. The van der Waals surface area contributed by atoms with Crippen LogP contribution in [0.25, 0.3) is 0 Å². The second-order valence-electron chi connectivity index (χ2n) is 3.41. The summed E-state index contributed by atoms with van der Waals surface area (Å²) in [6.07, 6.45) is 1.55. The van der Waals surface area contributed by atoms with E-state index in [9.17, 15) is 8.78 Å². The van der Waals surface area contributed by atoms with Gasteiger partial charge in [0.25, 0.3) is 5.92 Å². The van der Waals surface area contributed by atoms with Crippen LogP contribution in [0.1, 0.15) is 33.6 Å². The molecule has 2 saturated carbocycles. The van der Waals surface area contributed by atoms with E-state index in [4.69, 9.17) is 0 Å². The summed E-state index contributed by atoms with van der Waals surface area (Å²) in [6.45, 7) is 5.66. The SMILES string of the molecule is CC.CC1CC2CC2C1(F)F. The van der Waals surface area contributed by atoms with Crippen LogP contribution in [-0.2, 0) is 0 Å². The molecular weight excluding hydrogens is 146 g/mol. The predicted molar refractivity (Wildman–Crippen MR) is 41.7 cm³/mol. The fraction of sp³-hybridized carbons (Fsp3) is 1.00. The topological polar surface area (TPSA) is 0 Å². The Morgan fingerprint density at radius 1 is 1.18 bits per heavy atom. The van der Waals surface area contributed by atoms with Crippen LogP contribution >= 0.6 is 0 Å². The molecule has 0 nitrogen and oxygen atoms in total. The largest absolute Gasteiger partial charge is 0.253 e. The molecule has 0 saturated heterocycles. The van der Waals surface area contributed by atoms with E-state index in [0.717, 1.165) is 12.8 Å². The zero-order chi connectivity index (χ0) is 8.65. The van der Waals surface area contributed by atoms with Gasteiger partial charge < -0.3 is 0 Å². The first kappa shape index (κ1) is 8.95. The Balaban J connectivity index is 0.000000281. The van der Waals surface area contributed by atoms with E-state index in [0.29, 0.717) is 5.92 Å². The molecule has 0 amide bonds. The van der Waals surface area contributed by atoms with E-state index < -0.39 is 5.92 Å². The van der Waals surface area contributed by atoms with Gasteiger partial charge in [-0.05, 0) is 18.8 Å². The maximum atomic E-state index is 12.8. The number of rotatable bonds is 0. The molecule has 0 N–H and O–H groups in total. The first-order chi connectivity index (χ1) is 5.12. The van der Waals surface area contributed by atoms with Gasteiger partial charge in [0.05, 0.1) is 0 Å². The van der Waals surface area contributed by atoms with Gasteiger partial charge in [0, 0.05) is 11.8 Å². The third kappa shape index (κ3) is 1.27. The van der Waals surface area contributed by atoms with Crippen molar-refractivity contribution in [2.24, 2.45) is 17.8 Å². The first-order valence-electron chi connectivity index (χ1n) is 4.50. The molecule has 0 bridgehead atoms.